The van der Waals surface area contributed by atoms with Crippen LogP contribution in [0.2, 0.25) is 0 Å². The van der Waals surface area contributed by atoms with E-state index in [9.17, 15) is 13.2 Å². The van der Waals surface area contributed by atoms with Crippen LogP contribution in [0, 0.1) is 6.57 Å². The highest BCUT2D eigenvalue weighted by atomic mass is 19.4. The van der Waals surface area contributed by atoms with Gasteiger partial charge in [-0.15, -0.1) is 0 Å². The van der Waals surface area contributed by atoms with Crippen molar-refractivity contribution in [3.8, 4) is 5.75 Å². The molecule has 0 fully saturated rings. The summed E-state index contributed by atoms with van der Waals surface area (Å²) in [5, 5.41) is 2.89. The molecule has 24 heavy (non-hydrogen) atoms. The topological polar surface area (TPSA) is 54.6 Å². The van der Waals surface area contributed by atoms with Gasteiger partial charge in [0, 0.05) is 12.7 Å². The maximum absolute atomic E-state index is 13.0. The summed E-state index contributed by atoms with van der Waals surface area (Å²) in [5.74, 6) is 0.411. The fourth-order valence-corrected chi connectivity index (χ4v) is 2.27. The molecule has 1 aliphatic rings. The highest BCUT2D eigenvalue weighted by molar-refractivity contribution is 5.62. The number of aromatic nitrogens is 2. The summed E-state index contributed by atoms with van der Waals surface area (Å²) in [6.07, 6.45) is -3.08. The van der Waals surface area contributed by atoms with E-state index < -0.39 is 18.8 Å². The number of benzene rings is 1. The lowest BCUT2D eigenvalue weighted by Crippen LogP contribution is -2.50. The minimum absolute atomic E-state index is 0.0684. The van der Waals surface area contributed by atoms with Gasteiger partial charge in [-0.3, -0.25) is 0 Å². The Bertz CT molecular complexity index is 785. The zero-order valence-corrected chi connectivity index (χ0v) is 12.5. The Balaban J connectivity index is 1.85. The maximum Gasteiger partial charge on any atom is 0.412 e. The van der Waals surface area contributed by atoms with Crippen LogP contribution in [0.3, 0.4) is 0 Å². The van der Waals surface area contributed by atoms with Gasteiger partial charge in [0.1, 0.15) is 6.61 Å². The first kappa shape index (κ1) is 15.9. The monoisotopic (exact) mass is 335 g/mol. The zero-order chi connectivity index (χ0) is 17.3. The highest BCUT2D eigenvalue weighted by Crippen LogP contribution is 2.36. The Kier molecular flexibility index (Phi) is 3.89. The van der Waals surface area contributed by atoms with Gasteiger partial charge in [0.15, 0.2) is 23.3 Å². The van der Waals surface area contributed by atoms with Crippen LogP contribution in [0.15, 0.2) is 30.5 Å². The molecule has 1 aromatic carbocycles. The molecule has 0 amide bonds. The molecule has 1 atom stereocenters. The van der Waals surface area contributed by atoms with E-state index in [4.69, 9.17) is 11.3 Å². The van der Waals surface area contributed by atoms with Crippen LogP contribution in [-0.2, 0) is 0 Å². The fraction of sp³-hybridized carbons (Fsp3) is 0.267. The van der Waals surface area contributed by atoms with E-state index in [2.05, 4.69) is 20.1 Å². The van der Waals surface area contributed by atoms with Gasteiger partial charge in [-0.1, -0.05) is 12.1 Å². The molecule has 6 nitrogen and oxygen atoms in total. The molecule has 1 aromatic heterocycles. The first-order chi connectivity index (χ1) is 11.4. The molecule has 0 radical (unpaired) electrons. The highest BCUT2D eigenvalue weighted by Gasteiger charge is 2.46. The molecule has 0 aliphatic carbocycles. The molecule has 1 aliphatic heterocycles. The van der Waals surface area contributed by atoms with Crippen LogP contribution >= 0.6 is 0 Å². The van der Waals surface area contributed by atoms with Gasteiger partial charge in [-0.2, -0.15) is 18.2 Å². The van der Waals surface area contributed by atoms with Crippen molar-refractivity contribution in [1.82, 2.24) is 9.97 Å². The molecule has 1 N–H and O–H groups in total. The lowest BCUT2D eigenvalue weighted by atomic mass is 10.2. The number of alkyl halides is 3. The Morgan fingerprint density at radius 2 is 2.04 bits per heavy atom. The molecular weight excluding hydrogens is 323 g/mol. The van der Waals surface area contributed by atoms with Gasteiger partial charge in [0.2, 0.25) is 5.95 Å². The number of nitrogens with one attached hydrogen (secondary N) is 1. The predicted molar refractivity (Wildman–Crippen MR) is 81.8 cm³/mol. The quantitative estimate of drug-likeness (QED) is 0.851. The summed E-state index contributed by atoms with van der Waals surface area (Å²) < 4.78 is 44.1. The van der Waals surface area contributed by atoms with Crippen LogP contribution in [0.4, 0.5) is 36.3 Å². The van der Waals surface area contributed by atoms with E-state index in [1.165, 1.54) is 13.2 Å². The summed E-state index contributed by atoms with van der Waals surface area (Å²) in [6.45, 7) is 6.40. The second-order valence-electron chi connectivity index (χ2n) is 5.14. The second-order valence-corrected chi connectivity index (χ2v) is 5.14. The Morgan fingerprint density at radius 3 is 2.67 bits per heavy atom. The Morgan fingerprint density at radius 1 is 1.33 bits per heavy atom. The third-order valence-electron chi connectivity index (χ3n) is 3.56. The van der Waals surface area contributed by atoms with E-state index in [1.54, 1.807) is 24.3 Å². The van der Waals surface area contributed by atoms with Gasteiger partial charge >= 0.3 is 6.18 Å². The lowest BCUT2D eigenvalue weighted by molar-refractivity contribution is -0.155. The fourth-order valence-electron chi connectivity index (χ4n) is 2.27. The minimum Gasteiger partial charge on any atom is -0.486 e. The van der Waals surface area contributed by atoms with Crippen LogP contribution in [0.1, 0.15) is 0 Å². The first-order valence-electron chi connectivity index (χ1n) is 6.92. The molecular formula is C15H12F3N5O. The summed E-state index contributed by atoms with van der Waals surface area (Å²) in [4.78, 5) is 12.5. The van der Waals surface area contributed by atoms with E-state index >= 15 is 0 Å². The minimum atomic E-state index is -4.42. The van der Waals surface area contributed by atoms with Crippen molar-refractivity contribution in [2.75, 3.05) is 23.9 Å². The Hall–Kier alpha value is -3.02. The molecule has 9 heteroatoms. The van der Waals surface area contributed by atoms with Crippen molar-refractivity contribution in [1.29, 1.82) is 0 Å². The van der Waals surface area contributed by atoms with E-state index in [-0.39, 0.29) is 17.5 Å². The molecule has 0 bridgehead atoms. The van der Waals surface area contributed by atoms with Crippen LogP contribution < -0.4 is 15.0 Å². The van der Waals surface area contributed by atoms with E-state index in [0.717, 1.165) is 4.90 Å². The number of halogens is 3. The number of nitrogens with zero attached hydrogens (tertiary/aromatic N) is 4. The molecule has 3 rings (SSSR count). The molecule has 2 aromatic rings. The van der Waals surface area contributed by atoms with Crippen LogP contribution in [-0.4, -0.2) is 35.8 Å². The summed E-state index contributed by atoms with van der Waals surface area (Å²) >= 11 is 0. The predicted octanol–water partition coefficient (Wildman–Crippen LogP) is 3.53. The summed E-state index contributed by atoms with van der Waals surface area (Å²) in [5.41, 5.74) is 1.10. The normalized spacial score (nSPS) is 16.8. The third kappa shape index (κ3) is 3.03. The third-order valence-corrected chi connectivity index (χ3v) is 3.56. The number of ether oxygens (including phenoxy) is 1. The van der Waals surface area contributed by atoms with Gasteiger partial charge in [0.05, 0.1) is 12.8 Å². The maximum atomic E-state index is 13.0. The number of hydrogen-bond acceptors (Lipinski definition) is 5. The van der Waals surface area contributed by atoms with Gasteiger partial charge < -0.3 is 15.0 Å². The number of anilines is 3. The van der Waals surface area contributed by atoms with E-state index in [0.29, 0.717) is 11.4 Å². The van der Waals surface area contributed by atoms with Gasteiger partial charge in [0.25, 0.3) is 0 Å². The average molecular weight is 335 g/mol. The number of likely N-dealkylation sites (N-methyl/N-ethyl adjacent to an activating group) is 1. The number of fused-ring (bicyclic) bond motifs is 1. The molecule has 124 valence electrons. The molecule has 2 heterocycles. The zero-order valence-electron chi connectivity index (χ0n) is 12.5. The van der Waals surface area contributed by atoms with Crippen molar-refractivity contribution in [2.24, 2.45) is 0 Å². The van der Waals surface area contributed by atoms with Gasteiger partial charge in [-0.05, 0) is 12.1 Å². The van der Waals surface area contributed by atoms with Crippen molar-refractivity contribution >= 4 is 23.1 Å². The standard InChI is InChI=1S/C15H12F3N5O/c1-19-9-3-5-10(6-4-9)21-14-20-7-11-13(22-14)23(2)12(8-24-11)15(16,17)18/h3-7,12H,8H2,2H3,(H,20,21,22). The SMILES string of the molecule is [C-]#[N+]c1ccc(Nc2ncc3c(n2)N(C)C(C(F)(F)F)CO3)cc1. The largest absolute Gasteiger partial charge is 0.486 e. The lowest BCUT2D eigenvalue weighted by Gasteiger charge is -2.35. The summed E-state index contributed by atoms with van der Waals surface area (Å²) in [7, 11) is 1.32. The van der Waals surface area contributed by atoms with Crippen LogP contribution in [0.25, 0.3) is 4.85 Å². The molecule has 0 saturated carbocycles. The van der Waals surface area contributed by atoms with E-state index in [1.807, 2.05) is 0 Å². The smallest absolute Gasteiger partial charge is 0.412 e. The Labute approximate surface area is 135 Å². The second kappa shape index (κ2) is 5.88. The molecule has 0 saturated heterocycles. The van der Waals surface area contributed by atoms with Crippen LogP contribution in [0.5, 0.6) is 5.75 Å². The first-order valence-corrected chi connectivity index (χ1v) is 6.92. The molecule has 0 spiro atoms. The van der Waals surface area contributed by atoms with Crippen molar-refractivity contribution in [2.45, 2.75) is 12.2 Å². The molecule has 1 unspecified atom stereocenters. The van der Waals surface area contributed by atoms with Crippen molar-refractivity contribution in [3.05, 3.63) is 41.9 Å². The van der Waals surface area contributed by atoms with Crippen molar-refractivity contribution < 1.29 is 17.9 Å². The number of hydrogen-bond donors (Lipinski definition) is 1. The number of rotatable bonds is 2. The van der Waals surface area contributed by atoms with Crippen molar-refractivity contribution in [3.63, 3.8) is 0 Å². The summed E-state index contributed by atoms with van der Waals surface area (Å²) in [6, 6.07) is 4.79. The van der Waals surface area contributed by atoms with Gasteiger partial charge in [-0.25, -0.2) is 9.83 Å². The average Bonchev–Trinajstić information content (AvgIpc) is 2.55.